The van der Waals surface area contributed by atoms with Crippen molar-refractivity contribution < 1.29 is 4.74 Å². The van der Waals surface area contributed by atoms with Gasteiger partial charge in [-0.2, -0.15) is 0 Å². The summed E-state index contributed by atoms with van der Waals surface area (Å²) in [6.07, 6.45) is 0.250. The Kier molecular flexibility index (Phi) is 2.82. The van der Waals surface area contributed by atoms with Crippen LogP contribution in [0, 0.1) is 6.92 Å². The monoisotopic (exact) mass is 231 g/mol. The van der Waals surface area contributed by atoms with Gasteiger partial charge in [-0.15, -0.1) is 0 Å². The highest BCUT2D eigenvalue weighted by atomic mass is 16.5. The summed E-state index contributed by atoms with van der Waals surface area (Å²) in [7, 11) is 0. The molecular formula is C13H17N3O. The van der Waals surface area contributed by atoms with Crippen molar-refractivity contribution in [3.63, 3.8) is 0 Å². The first-order valence-electron chi connectivity index (χ1n) is 6.09. The van der Waals surface area contributed by atoms with Crippen LogP contribution in [0.15, 0.2) is 24.3 Å². The number of morpholine rings is 1. The summed E-state index contributed by atoms with van der Waals surface area (Å²) < 4.78 is 7.99. The molecule has 1 N–H and O–H groups in total. The first-order chi connectivity index (χ1) is 8.34. The molecule has 1 aliphatic heterocycles. The molecule has 1 unspecified atom stereocenters. The molecule has 0 aliphatic carbocycles. The Bertz CT molecular complexity index is 514. The number of fused-ring (bicyclic) bond motifs is 1. The molecule has 0 amide bonds. The van der Waals surface area contributed by atoms with E-state index in [1.807, 2.05) is 6.07 Å². The van der Waals surface area contributed by atoms with Crippen LogP contribution in [-0.4, -0.2) is 35.4 Å². The fourth-order valence-electron chi connectivity index (χ4n) is 2.37. The predicted octanol–water partition coefficient (Wildman–Crippen LogP) is 1.33. The maximum absolute atomic E-state index is 5.74. The molecule has 1 atom stereocenters. The smallest absolute Gasteiger partial charge is 0.106 e. The second-order valence-electron chi connectivity index (χ2n) is 4.46. The van der Waals surface area contributed by atoms with Gasteiger partial charge >= 0.3 is 0 Å². The first-order valence-corrected chi connectivity index (χ1v) is 6.09. The molecule has 4 nitrogen and oxygen atoms in total. The lowest BCUT2D eigenvalue weighted by molar-refractivity contribution is 0.0185. The van der Waals surface area contributed by atoms with E-state index in [0.717, 1.165) is 37.6 Å². The Hall–Kier alpha value is -1.39. The van der Waals surface area contributed by atoms with Crippen molar-refractivity contribution in [3.05, 3.63) is 30.1 Å². The summed E-state index contributed by atoms with van der Waals surface area (Å²) in [5.74, 6) is 1.06. The zero-order valence-electron chi connectivity index (χ0n) is 10.0. The van der Waals surface area contributed by atoms with Gasteiger partial charge in [-0.1, -0.05) is 12.1 Å². The molecule has 1 aromatic carbocycles. The number of benzene rings is 1. The predicted molar refractivity (Wildman–Crippen MR) is 67.1 cm³/mol. The first kappa shape index (κ1) is 10.7. The van der Waals surface area contributed by atoms with Crippen LogP contribution in [0.5, 0.6) is 0 Å². The van der Waals surface area contributed by atoms with Crippen LogP contribution in [0.25, 0.3) is 11.0 Å². The number of ether oxygens (including phenoxy) is 1. The SMILES string of the molecule is Cc1nc2ccccc2n1CC1CNCCO1. The van der Waals surface area contributed by atoms with Gasteiger partial charge in [-0.3, -0.25) is 0 Å². The summed E-state index contributed by atoms with van der Waals surface area (Å²) >= 11 is 0. The van der Waals surface area contributed by atoms with Crippen molar-refractivity contribution in [3.8, 4) is 0 Å². The van der Waals surface area contributed by atoms with Gasteiger partial charge in [0.05, 0.1) is 30.3 Å². The molecule has 0 radical (unpaired) electrons. The number of imidazole rings is 1. The Morgan fingerprint density at radius 2 is 2.35 bits per heavy atom. The molecule has 3 rings (SSSR count). The molecule has 17 heavy (non-hydrogen) atoms. The summed E-state index contributed by atoms with van der Waals surface area (Å²) in [5.41, 5.74) is 2.26. The molecule has 0 bridgehead atoms. The fraction of sp³-hybridized carbons (Fsp3) is 0.462. The van der Waals surface area contributed by atoms with E-state index in [1.165, 1.54) is 5.52 Å². The molecule has 1 fully saturated rings. The van der Waals surface area contributed by atoms with Crippen molar-refractivity contribution in [1.82, 2.24) is 14.9 Å². The number of nitrogens with zero attached hydrogens (tertiary/aromatic N) is 2. The molecule has 0 saturated carbocycles. The number of rotatable bonds is 2. The summed E-state index contributed by atoms with van der Waals surface area (Å²) in [6, 6.07) is 8.25. The maximum Gasteiger partial charge on any atom is 0.106 e. The van der Waals surface area contributed by atoms with Crippen molar-refractivity contribution in [1.29, 1.82) is 0 Å². The molecule has 90 valence electrons. The summed E-state index contributed by atoms with van der Waals surface area (Å²) in [6.45, 7) is 5.61. The molecule has 0 spiro atoms. The molecule has 1 saturated heterocycles. The van der Waals surface area contributed by atoms with E-state index in [2.05, 4.69) is 40.0 Å². The maximum atomic E-state index is 5.74. The zero-order chi connectivity index (χ0) is 11.7. The minimum Gasteiger partial charge on any atom is -0.374 e. The molecule has 2 heterocycles. The third kappa shape index (κ3) is 2.06. The van der Waals surface area contributed by atoms with E-state index in [-0.39, 0.29) is 6.10 Å². The molecular weight excluding hydrogens is 214 g/mol. The summed E-state index contributed by atoms with van der Waals surface area (Å²) in [5, 5.41) is 3.36. The molecule has 2 aromatic rings. The average Bonchev–Trinajstić information content (AvgIpc) is 2.68. The number of para-hydroxylation sites is 2. The summed E-state index contributed by atoms with van der Waals surface area (Å²) in [4.78, 5) is 4.57. The van der Waals surface area contributed by atoms with Gasteiger partial charge < -0.3 is 14.6 Å². The Morgan fingerprint density at radius 3 is 3.18 bits per heavy atom. The van der Waals surface area contributed by atoms with Gasteiger partial charge in [0, 0.05) is 13.1 Å². The van der Waals surface area contributed by atoms with Crippen LogP contribution in [-0.2, 0) is 11.3 Å². The van der Waals surface area contributed by atoms with Gasteiger partial charge in [0.1, 0.15) is 5.82 Å². The van der Waals surface area contributed by atoms with Crippen molar-refractivity contribution in [2.45, 2.75) is 19.6 Å². The highest BCUT2D eigenvalue weighted by molar-refractivity contribution is 5.75. The topological polar surface area (TPSA) is 39.1 Å². The lowest BCUT2D eigenvalue weighted by Gasteiger charge is -2.24. The van der Waals surface area contributed by atoms with E-state index in [9.17, 15) is 0 Å². The van der Waals surface area contributed by atoms with E-state index >= 15 is 0 Å². The third-order valence-electron chi connectivity index (χ3n) is 3.24. The number of aromatic nitrogens is 2. The standard InChI is InChI=1S/C13H17N3O/c1-10-15-12-4-2-3-5-13(12)16(10)9-11-8-14-6-7-17-11/h2-5,11,14H,6-9H2,1H3. The van der Waals surface area contributed by atoms with E-state index in [0.29, 0.717) is 0 Å². The van der Waals surface area contributed by atoms with Crippen LogP contribution in [0.2, 0.25) is 0 Å². The second-order valence-corrected chi connectivity index (χ2v) is 4.46. The highest BCUT2D eigenvalue weighted by Crippen LogP contribution is 2.16. The number of hydrogen-bond donors (Lipinski definition) is 1. The van der Waals surface area contributed by atoms with Crippen molar-refractivity contribution in [2.75, 3.05) is 19.7 Å². The Morgan fingerprint density at radius 1 is 1.47 bits per heavy atom. The van der Waals surface area contributed by atoms with Crippen molar-refractivity contribution in [2.24, 2.45) is 0 Å². The lowest BCUT2D eigenvalue weighted by Crippen LogP contribution is -2.40. The van der Waals surface area contributed by atoms with Gasteiger partial charge in [0.15, 0.2) is 0 Å². The average molecular weight is 231 g/mol. The third-order valence-corrected chi connectivity index (χ3v) is 3.24. The lowest BCUT2D eigenvalue weighted by atomic mass is 10.2. The van der Waals surface area contributed by atoms with Crippen LogP contribution in [0.1, 0.15) is 5.82 Å². The Balaban J connectivity index is 1.90. The van der Waals surface area contributed by atoms with Crippen LogP contribution < -0.4 is 5.32 Å². The van der Waals surface area contributed by atoms with Gasteiger partial charge in [-0.05, 0) is 19.1 Å². The number of aryl methyl sites for hydroxylation is 1. The normalized spacial score (nSPS) is 20.9. The fourth-order valence-corrected chi connectivity index (χ4v) is 2.37. The van der Waals surface area contributed by atoms with Crippen LogP contribution >= 0.6 is 0 Å². The highest BCUT2D eigenvalue weighted by Gasteiger charge is 2.16. The van der Waals surface area contributed by atoms with Gasteiger partial charge in [0.25, 0.3) is 0 Å². The number of hydrogen-bond acceptors (Lipinski definition) is 3. The minimum atomic E-state index is 0.250. The largest absolute Gasteiger partial charge is 0.374 e. The van der Waals surface area contributed by atoms with E-state index in [1.54, 1.807) is 0 Å². The quantitative estimate of drug-likeness (QED) is 0.847. The van der Waals surface area contributed by atoms with E-state index in [4.69, 9.17) is 4.74 Å². The van der Waals surface area contributed by atoms with Gasteiger partial charge in [0.2, 0.25) is 0 Å². The number of nitrogens with one attached hydrogen (secondary N) is 1. The second kappa shape index (κ2) is 4.47. The van der Waals surface area contributed by atoms with E-state index < -0.39 is 0 Å². The Labute approximate surface area is 101 Å². The molecule has 1 aromatic heterocycles. The molecule has 4 heteroatoms. The van der Waals surface area contributed by atoms with Crippen LogP contribution in [0.4, 0.5) is 0 Å². The minimum absolute atomic E-state index is 0.250. The van der Waals surface area contributed by atoms with Crippen molar-refractivity contribution >= 4 is 11.0 Å². The molecule has 1 aliphatic rings. The zero-order valence-corrected chi connectivity index (χ0v) is 10.0. The van der Waals surface area contributed by atoms with Crippen LogP contribution in [0.3, 0.4) is 0 Å². The van der Waals surface area contributed by atoms with Gasteiger partial charge in [-0.25, -0.2) is 4.98 Å².